The van der Waals surface area contributed by atoms with E-state index in [4.69, 9.17) is 4.42 Å². The van der Waals surface area contributed by atoms with E-state index in [0.717, 1.165) is 4.68 Å². The molecule has 1 aromatic carbocycles. The van der Waals surface area contributed by atoms with E-state index in [2.05, 4.69) is 5.10 Å². The molecule has 1 unspecified atom stereocenters. The number of aromatic nitrogens is 2. The van der Waals surface area contributed by atoms with Crippen LogP contribution in [0.3, 0.4) is 0 Å². The van der Waals surface area contributed by atoms with Crippen molar-refractivity contribution in [2.24, 2.45) is 0 Å². The quantitative estimate of drug-likeness (QED) is 0.814. The second-order valence-corrected chi connectivity index (χ2v) is 7.86. The van der Waals surface area contributed by atoms with Crippen LogP contribution in [-0.2, 0) is 16.5 Å². The summed E-state index contributed by atoms with van der Waals surface area (Å²) in [6.45, 7) is 0.129. The maximum absolute atomic E-state index is 12.9. The molecular weight excluding hydrogens is 325 g/mol. The van der Waals surface area contributed by atoms with E-state index >= 15 is 0 Å². The van der Waals surface area contributed by atoms with Crippen LogP contribution in [0.1, 0.15) is 6.42 Å². The highest BCUT2D eigenvalue weighted by molar-refractivity contribution is 7.91. The first-order valence-electron chi connectivity index (χ1n) is 7.08. The molecule has 1 fully saturated rings. The Morgan fingerprint density at radius 3 is 2.70 bits per heavy atom. The van der Waals surface area contributed by atoms with Gasteiger partial charge in [0.15, 0.2) is 9.84 Å². The summed E-state index contributed by atoms with van der Waals surface area (Å²) in [5.74, 6) is -0.686. The Balaban J connectivity index is 1.76. The Kier molecular flexibility index (Phi) is 4.07. The summed E-state index contributed by atoms with van der Waals surface area (Å²) in [6, 6.07) is 5.31. The smallest absolute Gasteiger partial charge is 0.388 e. The van der Waals surface area contributed by atoms with Crippen LogP contribution in [0.5, 0.6) is 0 Å². The Morgan fingerprint density at radius 2 is 2.09 bits per heavy atom. The fourth-order valence-electron chi connectivity index (χ4n) is 2.55. The van der Waals surface area contributed by atoms with Crippen LogP contribution in [0.15, 0.2) is 33.5 Å². The van der Waals surface area contributed by atoms with E-state index in [-0.39, 0.29) is 30.1 Å². The topological polar surface area (TPSA) is 85.4 Å². The largest absolute Gasteiger partial charge is 0.438 e. The van der Waals surface area contributed by atoms with Crippen molar-refractivity contribution >= 4 is 9.84 Å². The molecule has 1 aliphatic heterocycles. The Labute approximate surface area is 132 Å². The summed E-state index contributed by atoms with van der Waals surface area (Å²) in [5.41, 5.74) is 0.494. The summed E-state index contributed by atoms with van der Waals surface area (Å²) in [6.07, 6.45) is 0.538. The van der Waals surface area contributed by atoms with Gasteiger partial charge in [-0.05, 0) is 37.7 Å². The molecule has 9 heteroatoms. The standard InChI is InChI=1S/C14H16FN3O4S/c1-17(12-6-7-23(20,21)8-12)9-18-14(19)22-13(16-18)10-2-4-11(15)5-3-10/h2-5,12H,6-9H2,1H3. The number of hydrogen-bond donors (Lipinski definition) is 0. The van der Waals surface area contributed by atoms with Gasteiger partial charge in [0.05, 0.1) is 11.5 Å². The van der Waals surface area contributed by atoms with Crippen molar-refractivity contribution < 1.29 is 17.2 Å². The molecule has 0 saturated carbocycles. The molecule has 1 aromatic heterocycles. The predicted molar refractivity (Wildman–Crippen MR) is 81.0 cm³/mol. The fourth-order valence-corrected chi connectivity index (χ4v) is 4.36. The lowest BCUT2D eigenvalue weighted by Crippen LogP contribution is -2.37. The molecule has 0 N–H and O–H groups in total. The van der Waals surface area contributed by atoms with E-state index in [1.807, 2.05) is 0 Å². The minimum Gasteiger partial charge on any atom is -0.388 e. The molecule has 0 radical (unpaired) electrons. The Morgan fingerprint density at radius 1 is 1.39 bits per heavy atom. The monoisotopic (exact) mass is 341 g/mol. The van der Waals surface area contributed by atoms with Crippen LogP contribution < -0.4 is 5.76 Å². The lowest BCUT2D eigenvalue weighted by molar-refractivity contribution is 0.191. The number of hydrogen-bond acceptors (Lipinski definition) is 6. The summed E-state index contributed by atoms with van der Waals surface area (Å²) in [7, 11) is -1.25. The average Bonchev–Trinajstić information content (AvgIpc) is 3.03. The highest BCUT2D eigenvalue weighted by atomic mass is 32.2. The summed E-state index contributed by atoms with van der Waals surface area (Å²) < 4.78 is 42.2. The zero-order valence-electron chi connectivity index (χ0n) is 12.5. The van der Waals surface area contributed by atoms with E-state index in [9.17, 15) is 17.6 Å². The van der Waals surface area contributed by atoms with Gasteiger partial charge in [-0.15, -0.1) is 5.10 Å². The molecule has 124 valence electrons. The van der Waals surface area contributed by atoms with Gasteiger partial charge >= 0.3 is 5.76 Å². The summed E-state index contributed by atoms with van der Waals surface area (Å²) in [4.78, 5) is 13.6. The highest BCUT2D eigenvalue weighted by Crippen LogP contribution is 2.18. The SMILES string of the molecule is CN(Cn1nc(-c2ccc(F)cc2)oc1=O)C1CCS(=O)(=O)C1. The Bertz CT molecular complexity index is 857. The van der Waals surface area contributed by atoms with E-state index < -0.39 is 21.4 Å². The first-order chi connectivity index (χ1) is 10.8. The van der Waals surface area contributed by atoms with Crippen molar-refractivity contribution in [1.29, 1.82) is 0 Å². The predicted octanol–water partition coefficient (Wildman–Crippen LogP) is 0.719. The molecule has 3 rings (SSSR count). The normalized spacial score (nSPS) is 20.2. The molecule has 1 atom stereocenters. The van der Waals surface area contributed by atoms with E-state index in [1.54, 1.807) is 11.9 Å². The third-order valence-corrected chi connectivity index (χ3v) is 5.64. The highest BCUT2D eigenvalue weighted by Gasteiger charge is 2.31. The van der Waals surface area contributed by atoms with Gasteiger partial charge in [-0.25, -0.2) is 17.6 Å². The Hall–Kier alpha value is -2.00. The van der Waals surface area contributed by atoms with Crippen LogP contribution in [0.2, 0.25) is 0 Å². The summed E-state index contributed by atoms with van der Waals surface area (Å²) >= 11 is 0. The van der Waals surface area contributed by atoms with Gasteiger partial charge < -0.3 is 4.42 Å². The van der Waals surface area contributed by atoms with Crippen molar-refractivity contribution in [2.45, 2.75) is 19.1 Å². The van der Waals surface area contributed by atoms with Crippen molar-refractivity contribution in [2.75, 3.05) is 18.6 Å². The van der Waals surface area contributed by atoms with Gasteiger partial charge in [0.1, 0.15) is 12.5 Å². The van der Waals surface area contributed by atoms with E-state index in [0.29, 0.717) is 12.0 Å². The van der Waals surface area contributed by atoms with Crippen molar-refractivity contribution in [3.63, 3.8) is 0 Å². The molecule has 0 amide bonds. The van der Waals surface area contributed by atoms with Crippen LogP contribution >= 0.6 is 0 Å². The maximum atomic E-state index is 12.9. The van der Waals surface area contributed by atoms with Crippen LogP contribution in [-0.4, -0.2) is 47.7 Å². The van der Waals surface area contributed by atoms with Crippen molar-refractivity contribution in [3.8, 4) is 11.5 Å². The minimum absolute atomic E-state index is 0.0842. The summed E-state index contributed by atoms with van der Waals surface area (Å²) in [5, 5.41) is 4.08. The first-order valence-corrected chi connectivity index (χ1v) is 8.91. The van der Waals surface area contributed by atoms with Gasteiger partial charge in [0.25, 0.3) is 0 Å². The van der Waals surface area contributed by atoms with Crippen LogP contribution in [0.4, 0.5) is 4.39 Å². The third kappa shape index (κ3) is 3.50. The fraction of sp³-hybridized carbons (Fsp3) is 0.429. The number of halogens is 1. The second-order valence-electron chi connectivity index (χ2n) is 5.63. The molecule has 7 nitrogen and oxygen atoms in total. The third-order valence-electron chi connectivity index (χ3n) is 3.89. The minimum atomic E-state index is -2.99. The number of nitrogens with zero attached hydrogens (tertiary/aromatic N) is 3. The zero-order valence-corrected chi connectivity index (χ0v) is 13.3. The molecular formula is C14H16FN3O4S. The molecule has 1 aliphatic rings. The van der Waals surface area contributed by atoms with E-state index in [1.165, 1.54) is 24.3 Å². The molecule has 0 bridgehead atoms. The lowest BCUT2D eigenvalue weighted by atomic mass is 10.2. The average molecular weight is 341 g/mol. The molecule has 2 heterocycles. The van der Waals surface area contributed by atoms with Gasteiger partial charge in [-0.2, -0.15) is 4.68 Å². The number of sulfone groups is 1. The number of rotatable bonds is 4. The molecule has 2 aromatic rings. The van der Waals surface area contributed by atoms with Crippen LogP contribution in [0, 0.1) is 5.82 Å². The van der Waals surface area contributed by atoms with Gasteiger partial charge in [0.2, 0.25) is 5.89 Å². The lowest BCUT2D eigenvalue weighted by Gasteiger charge is -2.21. The second kappa shape index (κ2) is 5.89. The molecule has 23 heavy (non-hydrogen) atoms. The molecule has 0 spiro atoms. The first kappa shape index (κ1) is 15.9. The van der Waals surface area contributed by atoms with Crippen molar-refractivity contribution in [3.05, 3.63) is 40.6 Å². The number of benzene rings is 1. The van der Waals surface area contributed by atoms with Crippen LogP contribution in [0.25, 0.3) is 11.5 Å². The van der Waals surface area contributed by atoms with Crippen molar-refractivity contribution in [1.82, 2.24) is 14.7 Å². The van der Waals surface area contributed by atoms with Gasteiger partial charge in [-0.1, -0.05) is 0 Å². The molecule has 0 aliphatic carbocycles. The molecule has 1 saturated heterocycles. The maximum Gasteiger partial charge on any atom is 0.438 e. The zero-order chi connectivity index (χ0) is 16.6. The van der Waals surface area contributed by atoms with Gasteiger partial charge in [-0.3, -0.25) is 4.90 Å². The van der Waals surface area contributed by atoms with Gasteiger partial charge in [0, 0.05) is 11.6 Å².